The maximum Gasteiger partial charge on any atom is 0.240 e. The summed E-state index contributed by atoms with van der Waals surface area (Å²) in [4.78, 5) is 10.5. The highest BCUT2D eigenvalue weighted by molar-refractivity contribution is 14.0. The first-order valence-corrected chi connectivity index (χ1v) is 11.7. The Morgan fingerprint density at radius 2 is 2.06 bits per heavy atom. The molecule has 3 N–H and O–H groups in total. The number of hydrogen-bond donors (Lipinski definition) is 3. The monoisotopic (exact) mass is 576 g/mol. The number of aryl methyl sites for hydroxylation is 2. The third-order valence-corrected chi connectivity index (χ3v) is 6.74. The highest BCUT2D eigenvalue weighted by Gasteiger charge is 2.26. The van der Waals surface area contributed by atoms with Gasteiger partial charge in [-0.15, -0.1) is 24.0 Å². The number of anilines is 1. The average Bonchev–Trinajstić information content (AvgIpc) is 3.20. The molecule has 1 fully saturated rings. The highest BCUT2D eigenvalue weighted by Crippen LogP contribution is 2.20. The van der Waals surface area contributed by atoms with Crippen LogP contribution in [0.4, 0.5) is 10.2 Å². The first kappa shape index (κ1) is 26.3. The third-order valence-electron chi connectivity index (χ3n) is 5.13. The van der Waals surface area contributed by atoms with E-state index in [1.54, 1.807) is 38.4 Å². The number of sulfonamides is 1. The quantitative estimate of drug-likeness (QED) is 0.202. The fourth-order valence-corrected chi connectivity index (χ4v) is 4.87. The number of hydrogen-bond acceptors (Lipinski definition) is 5. The molecule has 2 heterocycles. The van der Waals surface area contributed by atoms with E-state index in [0.29, 0.717) is 41.9 Å². The van der Waals surface area contributed by atoms with Crippen LogP contribution in [0.15, 0.2) is 46.4 Å². The molecule has 0 aliphatic carbocycles. The minimum Gasteiger partial charge on any atom is -0.355 e. The lowest BCUT2D eigenvalue weighted by molar-refractivity contribution is 0.579. The number of nitrogens with one attached hydrogen (secondary N) is 3. The van der Waals surface area contributed by atoms with Gasteiger partial charge >= 0.3 is 0 Å². The fourth-order valence-electron chi connectivity index (χ4n) is 3.51. The van der Waals surface area contributed by atoms with Gasteiger partial charge < -0.3 is 15.5 Å². The SMILES string of the molecule is CN=C(NCCNS(=O)(=O)c1cc(C)ccc1C)NC1CCN(c2ncccc2F)C1.I. The second-order valence-corrected chi connectivity index (χ2v) is 9.29. The predicted octanol–water partition coefficient (Wildman–Crippen LogP) is 2.18. The van der Waals surface area contributed by atoms with Gasteiger partial charge in [0.25, 0.3) is 0 Å². The molecule has 11 heteroatoms. The molecule has 1 unspecified atom stereocenters. The largest absolute Gasteiger partial charge is 0.355 e. The van der Waals surface area contributed by atoms with Gasteiger partial charge in [0.15, 0.2) is 17.6 Å². The van der Waals surface area contributed by atoms with Gasteiger partial charge in [-0.05, 0) is 49.6 Å². The molecule has 0 bridgehead atoms. The maximum atomic E-state index is 14.0. The summed E-state index contributed by atoms with van der Waals surface area (Å²) >= 11 is 0. The number of aliphatic imine (C=N–C) groups is 1. The van der Waals surface area contributed by atoms with Crippen LogP contribution in [0.25, 0.3) is 0 Å². The molecule has 176 valence electrons. The molecule has 8 nitrogen and oxygen atoms in total. The molecule has 1 aliphatic rings. The van der Waals surface area contributed by atoms with Crippen LogP contribution in [-0.4, -0.2) is 58.6 Å². The first-order valence-electron chi connectivity index (χ1n) is 10.2. The van der Waals surface area contributed by atoms with E-state index in [4.69, 9.17) is 0 Å². The van der Waals surface area contributed by atoms with Crippen LogP contribution in [-0.2, 0) is 10.0 Å². The van der Waals surface area contributed by atoms with E-state index in [2.05, 4.69) is 25.3 Å². The predicted molar refractivity (Wildman–Crippen MR) is 136 cm³/mol. The summed E-state index contributed by atoms with van der Waals surface area (Å²) in [6.45, 7) is 5.52. The standard InChI is InChI=1S/C21H29FN6O2S.HI/c1-15-6-7-16(2)19(13-15)31(29,30)26-11-10-25-21(23-3)27-17-8-12-28(14-17)20-18(22)5-4-9-24-20;/h4-7,9,13,17,26H,8,10-12,14H2,1-3H3,(H2,23,25,27);1H. The van der Waals surface area contributed by atoms with Crippen molar-refractivity contribution in [2.24, 2.45) is 4.99 Å². The Balaban J connectivity index is 0.00000363. The highest BCUT2D eigenvalue weighted by atomic mass is 127. The molecular weight excluding hydrogens is 546 g/mol. The Morgan fingerprint density at radius 3 is 2.78 bits per heavy atom. The van der Waals surface area contributed by atoms with Gasteiger partial charge in [0.2, 0.25) is 10.0 Å². The zero-order valence-corrected chi connectivity index (χ0v) is 21.6. The zero-order valence-electron chi connectivity index (χ0n) is 18.4. The Morgan fingerprint density at radius 1 is 1.28 bits per heavy atom. The van der Waals surface area contributed by atoms with Crippen molar-refractivity contribution in [3.05, 3.63) is 53.5 Å². The molecule has 0 radical (unpaired) electrons. The summed E-state index contributed by atoms with van der Waals surface area (Å²) in [6.07, 6.45) is 2.40. The van der Waals surface area contributed by atoms with Gasteiger partial charge in [-0.1, -0.05) is 12.1 Å². The Kier molecular flexibility index (Phi) is 9.64. The second kappa shape index (κ2) is 11.8. The van der Waals surface area contributed by atoms with Gasteiger partial charge in [0.1, 0.15) is 0 Å². The summed E-state index contributed by atoms with van der Waals surface area (Å²) in [7, 11) is -1.93. The normalized spacial score (nSPS) is 16.6. The van der Waals surface area contributed by atoms with E-state index >= 15 is 0 Å². The lowest BCUT2D eigenvalue weighted by Gasteiger charge is -2.20. The number of nitrogens with zero attached hydrogens (tertiary/aromatic N) is 3. The van der Waals surface area contributed by atoms with Crippen molar-refractivity contribution < 1.29 is 12.8 Å². The molecule has 3 rings (SSSR count). The molecule has 1 saturated heterocycles. The average molecular weight is 576 g/mol. The topological polar surface area (TPSA) is 98.7 Å². The Hall–Kier alpha value is -1.99. The second-order valence-electron chi connectivity index (χ2n) is 7.55. The molecule has 0 saturated carbocycles. The Labute approximate surface area is 206 Å². The number of pyridine rings is 1. The fraction of sp³-hybridized carbons (Fsp3) is 0.429. The molecule has 1 atom stereocenters. The minimum absolute atomic E-state index is 0. The van der Waals surface area contributed by atoms with Crippen LogP contribution in [0.2, 0.25) is 0 Å². The van der Waals surface area contributed by atoms with Crippen LogP contribution in [0.3, 0.4) is 0 Å². The zero-order chi connectivity index (χ0) is 22.4. The number of aromatic nitrogens is 1. The smallest absolute Gasteiger partial charge is 0.240 e. The number of rotatable bonds is 7. The van der Waals surface area contributed by atoms with E-state index in [-0.39, 0.29) is 42.4 Å². The van der Waals surface area contributed by atoms with Crippen molar-refractivity contribution >= 4 is 45.8 Å². The van der Waals surface area contributed by atoms with E-state index < -0.39 is 10.0 Å². The van der Waals surface area contributed by atoms with E-state index in [1.165, 1.54) is 6.07 Å². The molecule has 1 aliphatic heterocycles. The lowest BCUT2D eigenvalue weighted by Crippen LogP contribution is -2.46. The molecule has 0 spiro atoms. The van der Waals surface area contributed by atoms with Gasteiger partial charge in [-0.3, -0.25) is 4.99 Å². The molecule has 1 aromatic heterocycles. The van der Waals surface area contributed by atoms with Crippen LogP contribution < -0.4 is 20.3 Å². The summed E-state index contributed by atoms with van der Waals surface area (Å²) < 4.78 is 41.7. The van der Waals surface area contributed by atoms with Crippen LogP contribution in [0, 0.1) is 19.7 Å². The summed E-state index contributed by atoms with van der Waals surface area (Å²) in [5, 5.41) is 6.42. The van der Waals surface area contributed by atoms with Crippen LogP contribution in [0.1, 0.15) is 17.5 Å². The summed E-state index contributed by atoms with van der Waals surface area (Å²) in [6, 6.07) is 8.42. The first-order chi connectivity index (χ1) is 14.8. The van der Waals surface area contributed by atoms with Gasteiger partial charge in [-0.2, -0.15) is 0 Å². The van der Waals surface area contributed by atoms with Crippen molar-refractivity contribution in [1.29, 1.82) is 0 Å². The molecule has 0 amide bonds. The van der Waals surface area contributed by atoms with E-state index in [9.17, 15) is 12.8 Å². The summed E-state index contributed by atoms with van der Waals surface area (Å²) in [5.74, 6) is 0.594. The third kappa shape index (κ3) is 6.75. The molecular formula is C21H30FIN6O2S. The lowest BCUT2D eigenvalue weighted by atomic mass is 10.2. The van der Waals surface area contributed by atoms with Gasteiger partial charge in [0.05, 0.1) is 4.90 Å². The number of guanidine groups is 1. The molecule has 2 aromatic rings. The van der Waals surface area contributed by atoms with Gasteiger partial charge in [0, 0.05) is 45.5 Å². The number of benzene rings is 1. The van der Waals surface area contributed by atoms with Crippen molar-refractivity contribution in [1.82, 2.24) is 20.3 Å². The number of halogens is 2. The Bertz CT molecular complexity index is 1050. The maximum absolute atomic E-state index is 14.0. The van der Waals surface area contributed by atoms with Crippen LogP contribution >= 0.6 is 24.0 Å². The molecule has 32 heavy (non-hydrogen) atoms. The van der Waals surface area contributed by atoms with Crippen molar-refractivity contribution in [2.75, 3.05) is 38.1 Å². The minimum atomic E-state index is -3.58. The molecule has 1 aromatic carbocycles. The van der Waals surface area contributed by atoms with E-state index in [0.717, 1.165) is 12.0 Å². The summed E-state index contributed by atoms with van der Waals surface area (Å²) in [5.41, 5.74) is 1.60. The van der Waals surface area contributed by atoms with Crippen molar-refractivity contribution in [2.45, 2.75) is 31.2 Å². The van der Waals surface area contributed by atoms with E-state index in [1.807, 2.05) is 17.9 Å². The van der Waals surface area contributed by atoms with Crippen molar-refractivity contribution in [3.8, 4) is 0 Å². The van der Waals surface area contributed by atoms with Crippen LogP contribution in [0.5, 0.6) is 0 Å². The van der Waals surface area contributed by atoms with Crippen molar-refractivity contribution in [3.63, 3.8) is 0 Å². The van der Waals surface area contributed by atoms with Gasteiger partial charge in [-0.25, -0.2) is 22.5 Å².